The van der Waals surface area contributed by atoms with E-state index in [4.69, 9.17) is 0 Å². The van der Waals surface area contributed by atoms with Crippen LogP contribution < -0.4 is 5.32 Å². The van der Waals surface area contributed by atoms with E-state index >= 15 is 0 Å². The molecule has 0 unspecified atom stereocenters. The van der Waals surface area contributed by atoms with E-state index in [1.54, 1.807) is 29.5 Å². The van der Waals surface area contributed by atoms with Crippen LogP contribution >= 0.6 is 11.3 Å². The molecule has 2 aromatic carbocycles. The van der Waals surface area contributed by atoms with E-state index < -0.39 is 0 Å². The largest absolute Gasteiger partial charge is 0.344 e. The van der Waals surface area contributed by atoms with Crippen molar-refractivity contribution in [1.82, 2.24) is 14.8 Å². The first-order valence-electron chi connectivity index (χ1n) is 12.3. The highest BCUT2D eigenvalue weighted by Crippen LogP contribution is 2.21. The Kier molecular flexibility index (Phi) is 9.17. The standard InChI is InChI=1S/C29H34FN5S/c1-4-5-29(24-8-10-25(30)11-9-24)33-22(2)32-26-12-6-23(7-13-26)19-35-16-14-27(15-17-35)34(3)20-28-18-31-21-36-28/h4-13,18,21,27H,1,14-17,19-20H2,2-3H3,(H,32,33)/b29-5-. The molecule has 36 heavy (non-hydrogen) atoms. The Morgan fingerprint density at radius 2 is 1.92 bits per heavy atom. The van der Waals surface area contributed by atoms with Crippen molar-refractivity contribution in [3.8, 4) is 0 Å². The molecule has 2 heterocycles. The zero-order valence-electron chi connectivity index (χ0n) is 21.0. The van der Waals surface area contributed by atoms with Crippen LogP contribution in [0, 0.1) is 5.82 Å². The monoisotopic (exact) mass is 503 g/mol. The highest BCUT2D eigenvalue weighted by Gasteiger charge is 2.22. The third kappa shape index (κ3) is 7.43. The zero-order valence-corrected chi connectivity index (χ0v) is 21.8. The lowest BCUT2D eigenvalue weighted by Gasteiger charge is -2.36. The van der Waals surface area contributed by atoms with Crippen LogP contribution in [0.1, 0.15) is 35.8 Å². The summed E-state index contributed by atoms with van der Waals surface area (Å²) < 4.78 is 13.3. The van der Waals surface area contributed by atoms with Crippen molar-refractivity contribution in [2.45, 2.75) is 38.9 Å². The second kappa shape index (κ2) is 12.7. The minimum absolute atomic E-state index is 0.265. The molecular formula is C29H34FN5S. The van der Waals surface area contributed by atoms with Gasteiger partial charge in [0.15, 0.2) is 0 Å². The number of allylic oxidation sites excluding steroid dienone is 2. The molecule has 0 radical (unpaired) electrons. The van der Waals surface area contributed by atoms with Crippen LogP contribution in [0.5, 0.6) is 0 Å². The summed E-state index contributed by atoms with van der Waals surface area (Å²) in [7, 11) is 2.23. The number of thiazole rings is 1. The number of hydrogen-bond donors (Lipinski definition) is 1. The summed E-state index contributed by atoms with van der Waals surface area (Å²) in [5, 5.41) is 3.36. The minimum atomic E-state index is -0.265. The first kappa shape index (κ1) is 25.9. The molecule has 0 atom stereocenters. The Bertz CT molecular complexity index is 1160. The van der Waals surface area contributed by atoms with Crippen molar-refractivity contribution in [3.05, 3.63) is 101 Å². The summed E-state index contributed by atoms with van der Waals surface area (Å²) in [4.78, 5) is 15.2. The van der Waals surface area contributed by atoms with E-state index in [-0.39, 0.29) is 5.82 Å². The molecule has 1 aliphatic heterocycles. The average Bonchev–Trinajstić information content (AvgIpc) is 3.39. The predicted octanol–water partition coefficient (Wildman–Crippen LogP) is 6.44. The first-order valence-corrected chi connectivity index (χ1v) is 13.2. The molecule has 1 aromatic heterocycles. The van der Waals surface area contributed by atoms with Crippen LogP contribution in [-0.2, 0) is 13.1 Å². The fraction of sp³-hybridized carbons (Fsp3) is 0.310. The number of amidine groups is 1. The van der Waals surface area contributed by atoms with Gasteiger partial charge in [0.1, 0.15) is 11.7 Å². The second-order valence-electron chi connectivity index (χ2n) is 9.20. The highest BCUT2D eigenvalue weighted by atomic mass is 32.1. The van der Waals surface area contributed by atoms with Gasteiger partial charge in [-0.2, -0.15) is 0 Å². The van der Waals surface area contributed by atoms with Crippen molar-refractivity contribution in [3.63, 3.8) is 0 Å². The van der Waals surface area contributed by atoms with Crippen LogP contribution in [0.3, 0.4) is 0 Å². The Morgan fingerprint density at radius 3 is 2.56 bits per heavy atom. The van der Waals surface area contributed by atoms with Crippen molar-refractivity contribution >= 4 is 28.6 Å². The molecule has 0 saturated carbocycles. The summed E-state index contributed by atoms with van der Waals surface area (Å²) in [5.74, 6) is 0.490. The quantitative estimate of drug-likeness (QED) is 0.207. The lowest BCUT2D eigenvalue weighted by Crippen LogP contribution is -2.42. The van der Waals surface area contributed by atoms with Crippen molar-refractivity contribution in [2.24, 2.45) is 4.99 Å². The van der Waals surface area contributed by atoms with Crippen molar-refractivity contribution in [1.29, 1.82) is 0 Å². The van der Waals surface area contributed by atoms with Crippen molar-refractivity contribution in [2.75, 3.05) is 25.5 Å². The fourth-order valence-corrected chi connectivity index (χ4v) is 5.17. The van der Waals surface area contributed by atoms with Gasteiger partial charge in [0.05, 0.1) is 11.2 Å². The van der Waals surface area contributed by atoms with Gasteiger partial charge in [-0.15, -0.1) is 11.3 Å². The number of rotatable bonds is 9. The number of nitrogens with zero attached hydrogens (tertiary/aromatic N) is 4. The molecule has 1 saturated heterocycles. The van der Waals surface area contributed by atoms with Crippen LogP contribution in [0.25, 0.3) is 5.70 Å². The molecule has 1 fully saturated rings. The number of likely N-dealkylation sites (tertiary alicyclic amines) is 1. The van der Waals surface area contributed by atoms with Crippen LogP contribution in [0.2, 0.25) is 0 Å². The van der Waals surface area contributed by atoms with E-state index in [0.29, 0.717) is 6.04 Å². The normalized spacial score (nSPS) is 15.9. The van der Waals surface area contributed by atoms with Crippen LogP contribution in [0.15, 0.2) is 84.0 Å². The third-order valence-electron chi connectivity index (χ3n) is 6.46. The number of hydrogen-bond acceptors (Lipinski definition) is 5. The van der Waals surface area contributed by atoms with E-state index in [2.05, 4.69) is 63.0 Å². The maximum atomic E-state index is 13.3. The number of benzene rings is 2. The summed E-state index contributed by atoms with van der Waals surface area (Å²) in [6, 6.07) is 15.5. The lowest BCUT2D eigenvalue weighted by molar-refractivity contribution is 0.120. The molecule has 0 amide bonds. The van der Waals surface area contributed by atoms with E-state index in [0.717, 1.165) is 49.0 Å². The molecule has 0 aliphatic carbocycles. The number of nitrogens with one attached hydrogen (secondary N) is 1. The third-order valence-corrected chi connectivity index (χ3v) is 7.22. The number of halogens is 1. The van der Waals surface area contributed by atoms with Gasteiger partial charge in [-0.05, 0) is 87.9 Å². The Morgan fingerprint density at radius 1 is 1.19 bits per heavy atom. The topological polar surface area (TPSA) is 43.8 Å². The second-order valence-corrected chi connectivity index (χ2v) is 10.2. The Balaban J connectivity index is 1.28. The minimum Gasteiger partial charge on any atom is -0.344 e. The summed E-state index contributed by atoms with van der Waals surface area (Å²) in [6.45, 7) is 9.88. The SMILES string of the molecule is C=C/C=C(\N=C(C)Nc1ccc(CN2CCC(N(C)Cc3cncs3)CC2)cc1)c1ccc(F)cc1. The molecular weight excluding hydrogens is 469 g/mol. The van der Waals surface area contributed by atoms with E-state index in [1.807, 2.05) is 24.7 Å². The smallest absolute Gasteiger partial charge is 0.123 e. The van der Waals surface area contributed by atoms with Gasteiger partial charge in [-0.3, -0.25) is 14.8 Å². The highest BCUT2D eigenvalue weighted by molar-refractivity contribution is 7.09. The Hall–Kier alpha value is -3.13. The summed E-state index contributed by atoms with van der Waals surface area (Å²) in [6.07, 6.45) is 7.87. The molecule has 0 bridgehead atoms. The molecule has 1 aliphatic rings. The summed E-state index contributed by atoms with van der Waals surface area (Å²) >= 11 is 1.73. The van der Waals surface area contributed by atoms with E-state index in [1.165, 1.54) is 35.4 Å². The molecule has 7 heteroatoms. The van der Waals surface area contributed by atoms with Gasteiger partial charge in [0, 0.05) is 41.5 Å². The number of aromatic nitrogens is 1. The van der Waals surface area contributed by atoms with E-state index in [9.17, 15) is 4.39 Å². The number of piperidine rings is 1. The van der Waals surface area contributed by atoms with Gasteiger partial charge in [0.2, 0.25) is 0 Å². The predicted molar refractivity (Wildman–Crippen MR) is 150 cm³/mol. The summed E-state index contributed by atoms with van der Waals surface area (Å²) in [5.41, 5.74) is 5.77. The average molecular weight is 504 g/mol. The Labute approximate surface area is 217 Å². The molecule has 0 spiro atoms. The number of aliphatic imine (C=N–C) groups is 1. The van der Waals surface area contributed by atoms with Gasteiger partial charge >= 0.3 is 0 Å². The lowest BCUT2D eigenvalue weighted by atomic mass is 10.0. The van der Waals surface area contributed by atoms with Crippen LogP contribution in [0.4, 0.5) is 10.1 Å². The maximum Gasteiger partial charge on any atom is 0.123 e. The molecule has 4 rings (SSSR count). The zero-order chi connectivity index (χ0) is 25.3. The first-order chi connectivity index (χ1) is 17.5. The van der Waals surface area contributed by atoms with Crippen molar-refractivity contribution < 1.29 is 4.39 Å². The van der Waals surface area contributed by atoms with Gasteiger partial charge < -0.3 is 5.32 Å². The van der Waals surface area contributed by atoms with Gasteiger partial charge in [-0.1, -0.05) is 24.8 Å². The number of anilines is 1. The van der Waals surface area contributed by atoms with Crippen LogP contribution in [-0.4, -0.2) is 46.8 Å². The molecule has 1 N–H and O–H groups in total. The molecule has 188 valence electrons. The fourth-order valence-electron chi connectivity index (χ4n) is 4.51. The molecule has 3 aromatic rings. The maximum absolute atomic E-state index is 13.3. The molecule has 5 nitrogen and oxygen atoms in total. The van der Waals surface area contributed by atoms with Gasteiger partial charge in [-0.25, -0.2) is 9.38 Å². The van der Waals surface area contributed by atoms with Gasteiger partial charge in [0.25, 0.3) is 0 Å².